The maximum absolute atomic E-state index is 11.3. The molecule has 0 saturated carbocycles. The van der Waals surface area contributed by atoms with Crippen molar-refractivity contribution in [1.29, 1.82) is 0 Å². The molecular formula is C8H15NO4. The van der Waals surface area contributed by atoms with Gasteiger partial charge in [0, 0.05) is 20.2 Å². The van der Waals surface area contributed by atoms with Crippen molar-refractivity contribution in [2.24, 2.45) is 0 Å². The zero-order valence-corrected chi connectivity index (χ0v) is 7.64. The third kappa shape index (κ3) is 2.65. The summed E-state index contributed by atoms with van der Waals surface area (Å²) >= 11 is 0. The van der Waals surface area contributed by atoms with E-state index in [1.54, 1.807) is 0 Å². The lowest BCUT2D eigenvalue weighted by Crippen LogP contribution is -2.30. The number of hydrogen-bond donors (Lipinski definition) is 2. The van der Waals surface area contributed by atoms with Gasteiger partial charge in [-0.25, -0.2) is 0 Å². The number of methoxy groups -OCH3 is 1. The normalized spacial score (nSPS) is 28.1. The molecule has 0 radical (unpaired) electrons. The van der Waals surface area contributed by atoms with Gasteiger partial charge in [-0.1, -0.05) is 0 Å². The van der Waals surface area contributed by atoms with Gasteiger partial charge in [0.25, 0.3) is 0 Å². The second-order valence-corrected chi connectivity index (χ2v) is 3.18. The Labute approximate surface area is 76.9 Å². The number of β-amino-alcohol motifs (C(OH)–C–C–N with tert-alkyl or cyclic N) is 2. The monoisotopic (exact) mass is 189 g/mol. The molecule has 5 nitrogen and oxygen atoms in total. The minimum absolute atomic E-state index is 0.0857. The Morgan fingerprint density at radius 3 is 2.46 bits per heavy atom. The molecule has 0 spiro atoms. The summed E-state index contributed by atoms with van der Waals surface area (Å²) in [4.78, 5) is 12.8. The molecule has 13 heavy (non-hydrogen) atoms. The predicted octanol–water partition coefficient (Wildman–Crippen LogP) is -1.41. The van der Waals surface area contributed by atoms with E-state index >= 15 is 0 Å². The molecule has 1 heterocycles. The summed E-state index contributed by atoms with van der Waals surface area (Å²) in [6, 6.07) is 0. The summed E-state index contributed by atoms with van der Waals surface area (Å²) in [5.41, 5.74) is 0. The Hall–Kier alpha value is -0.650. The quantitative estimate of drug-likeness (QED) is 0.572. The fourth-order valence-corrected chi connectivity index (χ4v) is 1.32. The van der Waals surface area contributed by atoms with Gasteiger partial charge in [-0.3, -0.25) is 4.79 Å². The van der Waals surface area contributed by atoms with Crippen molar-refractivity contribution in [2.45, 2.75) is 18.6 Å². The van der Waals surface area contributed by atoms with Crippen molar-refractivity contribution in [3.63, 3.8) is 0 Å². The second-order valence-electron chi connectivity index (χ2n) is 3.18. The molecule has 1 amide bonds. The van der Waals surface area contributed by atoms with Crippen LogP contribution in [-0.4, -0.2) is 60.0 Å². The number of aliphatic hydroxyl groups excluding tert-OH is 2. The van der Waals surface area contributed by atoms with Gasteiger partial charge < -0.3 is 19.8 Å². The Morgan fingerprint density at radius 1 is 1.46 bits per heavy atom. The fourth-order valence-electron chi connectivity index (χ4n) is 1.32. The van der Waals surface area contributed by atoms with Crippen LogP contribution in [0.25, 0.3) is 0 Å². The van der Waals surface area contributed by atoms with Gasteiger partial charge in [0.15, 0.2) is 0 Å². The lowest BCUT2D eigenvalue weighted by Gasteiger charge is -2.14. The summed E-state index contributed by atoms with van der Waals surface area (Å²) in [6.07, 6.45) is -1.30. The van der Waals surface area contributed by atoms with Crippen molar-refractivity contribution < 1.29 is 19.7 Å². The fraction of sp³-hybridized carbons (Fsp3) is 0.875. The molecule has 0 bridgehead atoms. The number of carbonyl (C=O) groups is 1. The highest BCUT2D eigenvalue weighted by molar-refractivity contribution is 5.76. The van der Waals surface area contributed by atoms with Gasteiger partial charge in [0.1, 0.15) is 0 Å². The van der Waals surface area contributed by atoms with Gasteiger partial charge in [-0.15, -0.1) is 0 Å². The van der Waals surface area contributed by atoms with Gasteiger partial charge in [-0.2, -0.15) is 0 Å². The zero-order valence-electron chi connectivity index (χ0n) is 7.64. The van der Waals surface area contributed by atoms with Crippen LogP contribution >= 0.6 is 0 Å². The highest BCUT2D eigenvalue weighted by Crippen LogP contribution is 2.10. The maximum Gasteiger partial charge on any atom is 0.225 e. The molecule has 5 heteroatoms. The second kappa shape index (κ2) is 4.55. The Morgan fingerprint density at radius 2 is 2.00 bits per heavy atom. The third-order valence-electron chi connectivity index (χ3n) is 2.13. The van der Waals surface area contributed by atoms with Crippen molar-refractivity contribution in [3.8, 4) is 0 Å². The van der Waals surface area contributed by atoms with Crippen LogP contribution < -0.4 is 0 Å². The first kappa shape index (κ1) is 10.4. The van der Waals surface area contributed by atoms with E-state index in [1.165, 1.54) is 12.0 Å². The standard InChI is InChI=1S/C8H15NO4/c1-13-3-2-8(12)9-4-6(10)7(11)5-9/h6-7,10-11H,2-5H2,1H3/t6-,7+. The first-order valence-electron chi connectivity index (χ1n) is 4.28. The number of ether oxygens (including phenoxy) is 1. The van der Waals surface area contributed by atoms with E-state index in [4.69, 9.17) is 14.9 Å². The number of rotatable bonds is 3. The molecule has 0 aromatic rings. The van der Waals surface area contributed by atoms with Gasteiger partial charge in [-0.05, 0) is 0 Å². The lowest BCUT2D eigenvalue weighted by molar-refractivity contribution is -0.131. The number of amides is 1. The van der Waals surface area contributed by atoms with E-state index in [1.807, 2.05) is 0 Å². The Kier molecular flexibility index (Phi) is 3.65. The number of aliphatic hydroxyl groups is 2. The molecule has 1 aliphatic rings. The zero-order chi connectivity index (χ0) is 9.84. The molecule has 2 N–H and O–H groups in total. The van der Waals surface area contributed by atoms with Crippen molar-refractivity contribution in [3.05, 3.63) is 0 Å². The van der Waals surface area contributed by atoms with E-state index in [-0.39, 0.29) is 19.0 Å². The van der Waals surface area contributed by atoms with Crippen LogP contribution in [0.1, 0.15) is 6.42 Å². The Balaban J connectivity index is 2.33. The van der Waals surface area contributed by atoms with Crippen LogP contribution in [0, 0.1) is 0 Å². The van der Waals surface area contributed by atoms with Crippen LogP contribution in [0.5, 0.6) is 0 Å². The van der Waals surface area contributed by atoms with Crippen molar-refractivity contribution in [2.75, 3.05) is 26.8 Å². The summed E-state index contributed by atoms with van der Waals surface area (Å²) in [7, 11) is 1.53. The largest absolute Gasteiger partial charge is 0.388 e. The molecule has 2 atom stereocenters. The summed E-state index contributed by atoms with van der Waals surface area (Å²) < 4.78 is 4.75. The van der Waals surface area contributed by atoms with Crippen LogP contribution in [0.15, 0.2) is 0 Å². The van der Waals surface area contributed by atoms with Gasteiger partial charge in [0.05, 0.1) is 25.2 Å². The minimum atomic E-state index is -0.800. The highest BCUT2D eigenvalue weighted by Gasteiger charge is 2.31. The molecule has 1 rings (SSSR count). The number of hydrogen-bond acceptors (Lipinski definition) is 4. The summed E-state index contributed by atoms with van der Waals surface area (Å²) in [5, 5.41) is 18.3. The SMILES string of the molecule is COCCC(=O)N1C[C@@H](O)[C@@H](O)C1. The molecule has 0 unspecified atom stereocenters. The third-order valence-corrected chi connectivity index (χ3v) is 2.13. The first-order chi connectivity index (χ1) is 6.15. The summed E-state index contributed by atoms with van der Waals surface area (Å²) in [5.74, 6) is -0.0857. The maximum atomic E-state index is 11.3. The van der Waals surface area contributed by atoms with E-state index < -0.39 is 12.2 Å². The molecule has 1 saturated heterocycles. The number of nitrogens with zero attached hydrogens (tertiary/aromatic N) is 1. The topological polar surface area (TPSA) is 70.0 Å². The van der Waals surface area contributed by atoms with Gasteiger partial charge in [0.2, 0.25) is 5.91 Å². The molecule has 0 aromatic heterocycles. The van der Waals surface area contributed by atoms with Crippen LogP contribution in [-0.2, 0) is 9.53 Å². The van der Waals surface area contributed by atoms with Crippen LogP contribution in [0.4, 0.5) is 0 Å². The van der Waals surface area contributed by atoms with E-state index in [9.17, 15) is 4.79 Å². The number of carbonyl (C=O) groups excluding carboxylic acids is 1. The average Bonchev–Trinajstić information content (AvgIpc) is 2.43. The van der Waals surface area contributed by atoms with E-state index in [0.29, 0.717) is 13.0 Å². The van der Waals surface area contributed by atoms with E-state index in [2.05, 4.69) is 0 Å². The van der Waals surface area contributed by atoms with Crippen molar-refractivity contribution in [1.82, 2.24) is 4.90 Å². The molecule has 1 aliphatic heterocycles. The van der Waals surface area contributed by atoms with E-state index in [0.717, 1.165) is 0 Å². The Bertz CT molecular complexity index is 175. The van der Waals surface area contributed by atoms with Crippen molar-refractivity contribution >= 4 is 5.91 Å². The molecule has 76 valence electrons. The van der Waals surface area contributed by atoms with Crippen LogP contribution in [0.2, 0.25) is 0 Å². The molecule has 0 aliphatic carbocycles. The molecule has 0 aromatic carbocycles. The van der Waals surface area contributed by atoms with Gasteiger partial charge >= 0.3 is 0 Å². The average molecular weight is 189 g/mol. The van der Waals surface area contributed by atoms with Crippen LogP contribution in [0.3, 0.4) is 0 Å². The smallest absolute Gasteiger partial charge is 0.225 e. The molecule has 1 fully saturated rings. The minimum Gasteiger partial charge on any atom is -0.388 e. The number of likely N-dealkylation sites (tertiary alicyclic amines) is 1. The highest BCUT2D eigenvalue weighted by atomic mass is 16.5. The predicted molar refractivity (Wildman–Crippen MR) is 45.1 cm³/mol. The lowest BCUT2D eigenvalue weighted by atomic mass is 10.3. The first-order valence-corrected chi connectivity index (χ1v) is 4.28. The summed E-state index contributed by atoms with van der Waals surface area (Å²) in [6.45, 7) is 0.828. The molecular weight excluding hydrogens is 174 g/mol.